The number of nitrogens with one attached hydrogen (secondary N) is 1. The van der Waals surface area contributed by atoms with E-state index in [2.05, 4.69) is 4.72 Å². The van der Waals surface area contributed by atoms with Crippen LogP contribution in [0.15, 0.2) is 18.2 Å². The molecule has 0 aliphatic rings. The summed E-state index contributed by atoms with van der Waals surface area (Å²) in [6.45, 7) is 1.65. The maximum atomic E-state index is 11.3. The molecule has 1 unspecified atom stereocenters. The molecule has 1 atom stereocenters. The molecule has 0 amide bonds. The number of rotatable bonds is 5. The van der Waals surface area contributed by atoms with Crippen LogP contribution in [0.5, 0.6) is 0 Å². The normalized spacial score (nSPS) is 13.6. The number of halogens is 2. The Hall–Kier alpha value is -0.330. The minimum absolute atomic E-state index is 0.0169. The van der Waals surface area contributed by atoms with Crippen molar-refractivity contribution >= 4 is 33.2 Å². The maximum Gasteiger partial charge on any atom is 0.211 e. The Morgan fingerprint density at radius 3 is 2.65 bits per heavy atom. The maximum absolute atomic E-state index is 11.3. The number of hydrogen-bond donors (Lipinski definition) is 2. The smallest absolute Gasteiger partial charge is 0.211 e. The fraction of sp³-hybridized carbons (Fsp3) is 0.400. The Morgan fingerprint density at radius 2 is 2.06 bits per heavy atom. The van der Waals surface area contributed by atoms with Crippen LogP contribution in [0.25, 0.3) is 0 Å². The van der Waals surface area contributed by atoms with Crippen molar-refractivity contribution in [2.75, 3.05) is 12.3 Å². The zero-order valence-electron chi connectivity index (χ0n) is 9.28. The van der Waals surface area contributed by atoms with Gasteiger partial charge in [0, 0.05) is 12.6 Å². The predicted molar refractivity (Wildman–Crippen MR) is 70.9 cm³/mol. The van der Waals surface area contributed by atoms with E-state index < -0.39 is 16.1 Å². The lowest BCUT2D eigenvalue weighted by Gasteiger charge is -2.15. The van der Waals surface area contributed by atoms with Crippen molar-refractivity contribution in [2.45, 2.75) is 13.0 Å². The summed E-state index contributed by atoms with van der Waals surface area (Å²) in [5.74, 6) is 0.0169. The quantitative estimate of drug-likeness (QED) is 0.872. The van der Waals surface area contributed by atoms with E-state index in [0.717, 1.165) is 0 Å². The van der Waals surface area contributed by atoms with Gasteiger partial charge in [0.05, 0.1) is 15.8 Å². The Kier molecular flexibility index (Phi) is 5.22. The third-order valence-corrected chi connectivity index (χ3v) is 4.48. The largest absolute Gasteiger partial charge is 0.323 e. The predicted octanol–water partition coefficient (Wildman–Crippen LogP) is 1.93. The van der Waals surface area contributed by atoms with Gasteiger partial charge in [0.15, 0.2) is 0 Å². The second kappa shape index (κ2) is 6.02. The zero-order valence-corrected chi connectivity index (χ0v) is 11.6. The van der Waals surface area contributed by atoms with Crippen LogP contribution in [0.2, 0.25) is 10.0 Å². The standard InChI is InChI=1S/C10H14Cl2N2O2S/c1-2-17(15,16)14-6-9(13)7-4-3-5-8(11)10(7)12/h3-5,9,14H,2,6,13H2,1H3. The molecule has 0 radical (unpaired) electrons. The number of sulfonamides is 1. The molecule has 0 aliphatic heterocycles. The molecule has 0 spiro atoms. The van der Waals surface area contributed by atoms with Crippen LogP contribution in [-0.2, 0) is 10.0 Å². The molecule has 96 valence electrons. The molecular weight excluding hydrogens is 283 g/mol. The first-order valence-corrected chi connectivity index (χ1v) is 7.45. The molecule has 0 aliphatic carbocycles. The van der Waals surface area contributed by atoms with Crippen molar-refractivity contribution < 1.29 is 8.42 Å². The van der Waals surface area contributed by atoms with Crippen LogP contribution in [0.1, 0.15) is 18.5 Å². The van der Waals surface area contributed by atoms with Gasteiger partial charge in [-0.2, -0.15) is 0 Å². The summed E-state index contributed by atoms with van der Waals surface area (Å²) in [6.07, 6.45) is 0. The average molecular weight is 297 g/mol. The second-order valence-electron chi connectivity index (χ2n) is 3.50. The van der Waals surface area contributed by atoms with Crippen LogP contribution in [0.3, 0.4) is 0 Å². The number of nitrogens with two attached hydrogens (primary N) is 1. The van der Waals surface area contributed by atoms with E-state index in [1.807, 2.05) is 0 Å². The lowest BCUT2D eigenvalue weighted by atomic mass is 10.1. The van der Waals surface area contributed by atoms with E-state index in [0.29, 0.717) is 15.6 Å². The zero-order chi connectivity index (χ0) is 13.1. The van der Waals surface area contributed by atoms with Crippen molar-refractivity contribution in [1.29, 1.82) is 0 Å². The molecule has 0 saturated carbocycles. The number of hydrogen-bond acceptors (Lipinski definition) is 3. The van der Waals surface area contributed by atoms with Gasteiger partial charge in [0.1, 0.15) is 0 Å². The minimum Gasteiger partial charge on any atom is -0.323 e. The van der Waals surface area contributed by atoms with Crippen LogP contribution >= 0.6 is 23.2 Å². The molecule has 3 N–H and O–H groups in total. The Balaban J connectivity index is 2.77. The average Bonchev–Trinajstić information content (AvgIpc) is 2.30. The molecule has 0 bridgehead atoms. The lowest BCUT2D eigenvalue weighted by molar-refractivity contribution is 0.573. The second-order valence-corrected chi connectivity index (χ2v) is 6.38. The van der Waals surface area contributed by atoms with Gasteiger partial charge in [-0.15, -0.1) is 0 Å². The molecule has 7 heteroatoms. The summed E-state index contributed by atoms with van der Waals surface area (Å²) in [5, 5.41) is 0.760. The summed E-state index contributed by atoms with van der Waals surface area (Å²) in [4.78, 5) is 0. The molecule has 1 aromatic carbocycles. The lowest BCUT2D eigenvalue weighted by Crippen LogP contribution is -2.33. The number of benzene rings is 1. The Bertz CT molecular complexity index is 491. The molecule has 1 rings (SSSR count). The van der Waals surface area contributed by atoms with E-state index in [-0.39, 0.29) is 12.3 Å². The van der Waals surface area contributed by atoms with Gasteiger partial charge in [-0.05, 0) is 18.6 Å². The SMILES string of the molecule is CCS(=O)(=O)NCC(N)c1cccc(Cl)c1Cl. The van der Waals surface area contributed by atoms with Crippen molar-refractivity contribution in [3.05, 3.63) is 33.8 Å². The summed E-state index contributed by atoms with van der Waals surface area (Å²) < 4.78 is 24.9. The highest BCUT2D eigenvalue weighted by Crippen LogP contribution is 2.28. The summed E-state index contributed by atoms with van der Waals surface area (Å²) >= 11 is 11.8. The summed E-state index contributed by atoms with van der Waals surface area (Å²) in [7, 11) is -3.25. The first-order chi connectivity index (χ1) is 7.87. The first kappa shape index (κ1) is 14.7. The molecule has 0 fully saturated rings. The van der Waals surface area contributed by atoms with Gasteiger partial charge in [0.25, 0.3) is 0 Å². The molecule has 0 saturated heterocycles. The highest BCUT2D eigenvalue weighted by atomic mass is 35.5. The monoisotopic (exact) mass is 296 g/mol. The summed E-state index contributed by atoms with van der Waals surface area (Å²) in [5.41, 5.74) is 6.48. The molecule has 0 heterocycles. The topological polar surface area (TPSA) is 72.2 Å². The summed E-state index contributed by atoms with van der Waals surface area (Å²) in [6, 6.07) is 4.57. The molecular formula is C10H14Cl2N2O2S. The molecule has 4 nitrogen and oxygen atoms in total. The Morgan fingerprint density at radius 1 is 1.41 bits per heavy atom. The first-order valence-electron chi connectivity index (χ1n) is 5.04. The van der Waals surface area contributed by atoms with Gasteiger partial charge in [-0.3, -0.25) is 0 Å². The van der Waals surface area contributed by atoms with Crippen LogP contribution < -0.4 is 10.5 Å². The van der Waals surface area contributed by atoms with Crippen molar-refractivity contribution in [3.63, 3.8) is 0 Å². The molecule has 1 aromatic rings. The van der Waals surface area contributed by atoms with Crippen molar-refractivity contribution in [3.8, 4) is 0 Å². The van der Waals surface area contributed by atoms with E-state index >= 15 is 0 Å². The van der Waals surface area contributed by atoms with E-state index in [4.69, 9.17) is 28.9 Å². The Labute approximate surface area is 111 Å². The van der Waals surface area contributed by atoms with Gasteiger partial charge in [-0.25, -0.2) is 13.1 Å². The van der Waals surface area contributed by atoms with Crippen LogP contribution in [0, 0.1) is 0 Å². The van der Waals surface area contributed by atoms with Gasteiger partial charge in [-0.1, -0.05) is 35.3 Å². The van der Waals surface area contributed by atoms with Gasteiger partial charge in [0.2, 0.25) is 10.0 Å². The van der Waals surface area contributed by atoms with Crippen LogP contribution in [-0.4, -0.2) is 20.7 Å². The van der Waals surface area contributed by atoms with Gasteiger partial charge >= 0.3 is 0 Å². The fourth-order valence-corrected chi connectivity index (χ4v) is 2.32. The minimum atomic E-state index is -3.25. The third-order valence-electron chi connectivity index (χ3n) is 2.28. The van der Waals surface area contributed by atoms with E-state index in [1.165, 1.54) is 0 Å². The fourth-order valence-electron chi connectivity index (χ4n) is 1.24. The highest BCUT2D eigenvalue weighted by Gasteiger charge is 2.15. The van der Waals surface area contributed by atoms with Crippen molar-refractivity contribution in [2.24, 2.45) is 5.73 Å². The van der Waals surface area contributed by atoms with Crippen LogP contribution in [0.4, 0.5) is 0 Å². The van der Waals surface area contributed by atoms with Gasteiger partial charge < -0.3 is 5.73 Å². The van der Waals surface area contributed by atoms with Crippen molar-refractivity contribution in [1.82, 2.24) is 4.72 Å². The molecule has 0 aromatic heterocycles. The third kappa shape index (κ3) is 4.12. The molecule has 17 heavy (non-hydrogen) atoms. The van der Waals surface area contributed by atoms with E-state index in [9.17, 15) is 8.42 Å². The highest BCUT2D eigenvalue weighted by molar-refractivity contribution is 7.89. The van der Waals surface area contributed by atoms with E-state index in [1.54, 1.807) is 25.1 Å².